The first-order chi connectivity index (χ1) is 11.4. The van der Waals surface area contributed by atoms with Gasteiger partial charge in [0.2, 0.25) is 0 Å². The van der Waals surface area contributed by atoms with Crippen molar-refractivity contribution in [2.45, 2.75) is 26.0 Å². The Hall–Kier alpha value is -1.79. The number of ether oxygens (including phenoxy) is 1. The van der Waals surface area contributed by atoms with Gasteiger partial charge >= 0.3 is 0 Å². The number of carbonyl (C=O) groups excluding carboxylic acids is 1. The number of nitrogens with one attached hydrogen (secondary N) is 1. The second kappa shape index (κ2) is 7.85. The first-order valence-electron chi connectivity index (χ1n) is 8.43. The monoisotopic (exact) mass is 335 g/mol. The van der Waals surface area contributed by atoms with E-state index in [-0.39, 0.29) is 30.6 Å². The van der Waals surface area contributed by atoms with Crippen LogP contribution in [0.5, 0.6) is 5.75 Å². The molecule has 1 aromatic carbocycles. The van der Waals surface area contributed by atoms with E-state index in [0.29, 0.717) is 24.4 Å². The number of likely N-dealkylation sites (N-methyl/N-ethyl adjacent to an activating group) is 1. The molecule has 0 aliphatic carbocycles. The second-order valence-electron chi connectivity index (χ2n) is 6.76. The number of nitrogens with zero attached hydrogens (tertiary/aromatic N) is 2. The maximum Gasteiger partial charge on any atom is 0.258 e. The van der Waals surface area contributed by atoms with Crippen molar-refractivity contribution in [3.63, 3.8) is 0 Å². The Kier molecular flexibility index (Phi) is 6.07. The summed E-state index contributed by atoms with van der Waals surface area (Å²) in [7, 11) is 5.77. The van der Waals surface area contributed by atoms with E-state index in [9.17, 15) is 9.90 Å². The molecule has 0 saturated heterocycles. The van der Waals surface area contributed by atoms with Crippen LogP contribution in [0.4, 0.5) is 5.69 Å². The van der Waals surface area contributed by atoms with Gasteiger partial charge in [-0.2, -0.15) is 0 Å². The number of rotatable bonds is 5. The van der Waals surface area contributed by atoms with E-state index in [4.69, 9.17) is 4.74 Å². The number of anilines is 1. The zero-order valence-corrected chi connectivity index (χ0v) is 15.2. The minimum Gasteiger partial charge on any atom is -0.488 e. The van der Waals surface area contributed by atoms with Crippen LogP contribution in [0.25, 0.3) is 0 Å². The number of benzene rings is 1. The quantitative estimate of drug-likeness (QED) is 0.846. The molecule has 1 aliphatic heterocycles. The Morgan fingerprint density at radius 3 is 2.75 bits per heavy atom. The van der Waals surface area contributed by atoms with E-state index >= 15 is 0 Å². The van der Waals surface area contributed by atoms with Gasteiger partial charge in [0.15, 0.2) is 0 Å². The molecule has 1 aromatic rings. The minimum absolute atomic E-state index is 0.0413. The van der Waals surface area contributed by atoms with Crippen molar-refractivity contribution in [1.29, 1.82) is 0 Å². The van der Waals surface area contributed by atoms with Crippen LogP contribution in [0.3, 0.4) is 0 Å². The van der Waals surface area contributed by atoms with Gasteiger partial charge in [0, 0.05) is 38.8 Å². The van der Waals surface area contributed by atoms with Crippen LogP contribution in [0, 0.1) is 5.92 Å². The molecule has 1 amide bonds. The standard InChI is InChI=1S/C18H29N3O3/c1-12-10-21(13(2)11-22)18(23)15-8-14(20(4)5)6-7-16(15)24-17(12)9-19-3/h6-8,12-13,17,19,22H,9-11H2,1-5H3/t12-,13+,17-/m0/s1. The van der Waals surface area contributed by atoms with Crippen LogP contribution in [-0.4, -0.2) is 68.9 Å². The number of carbonyl (C=O) groups is 1. The summed E-state index contributed by atoms with van der Waals surface area (Å²) in [6.45, 7) is 5.14. The van der Waals surface area contributed by atoms with E-state index in [1.54, 1.807) is 4.90 Å². The van der Waals surface area contributed by atoms with Gasteiger partial charge in [0.05, 0.1) is 18.2 Å². The SMILES string of the molecule is CNC[C@@H]1Oc2ccc(N(C)C)cc2C(=O)N([C@H](C)CO)C[C@@H]1C. The summed E-state index contributed by atoms with van der Waals surface area (Å²) in [4.78, 5) is 16.8. The molecule has 6 heteroatoms. The van der Waals surface area contributed by atoms with Crippen LogP contribution >= 0.6 is 0 Å². The number of fused-ring (bicyclic) bond motifs is 1. The number of hydrogen-bond acceptors (Lipinski definition) is 5. The number of amides is 1. The van der Waals surface area contributed by atoms with Crippen LogP contribution in [-0.2, 0) is 0 Å². The Morgan fingerprint density at radius 1 is 1.46 bits per heavy atom. The molecule has 1 heterocycles. The van der Waals surface area contributed by atoms with Crippen molar-refractivity contribution >= 4 is 11.6 Å². The smallest absolute Gasteiger partial charge is 0.258 e. The van der Waals surface area contributed by atoms with Crippen LogP contribution < -0.4 is 15.0 Å². The van der Waals surface area contributed by atoms with Gasteiger partial charge in [-0.1, -0.05) is 6.92 Å². The fraction of sp³-hybridized carbons (Fsp3) is 0.611. The fourth-order valence-electron chi connectivity index (χ4n) is 2.93. The largest absolute Gasteiger partial charge is 0.488 e. The first kappa shape index (κ1) is 18.5. The minimum atomic E-state index is -0.232. The van der Waals surface area contributed by atoms with Crippen molar-refractivity contribution in [2.24, 2.45) is 5.92 Å². The Labute approximate surface area is 144 Å². The Balaban J connectivity index is 2.49. The highest BCUT2D eigenvalue weighted by Crippen LogP contribution is 2.30. The average molecular weight is 335 g/mol. The molecular weight excluding hydrogens is 306 g/mol. The number of hydrogen-bond donors (Lipinski definition) is 2. The van der Waals surface area contributed by atoms with E-state index in [1.807, 2.05) is 51.2 Å². The van der Waals surface area contributed by atoms with E-state index in [2.05, 4.69) is 12.2 Å². The van der Waals surface area contributed by atoms with Crippen molar-refractivity contribution in [2.75, 3.05) is 45.7 Å². The van der Waals surface area contributed by atoms with Crippen LogP contribution in [0.1, 0.15) is 24.2 Å². The van der Waals surface area contributed by atoms with Gasteiger partial charge in [-0.05, 0) is 32.2 Å². The lowest BCUT2D eigenvalue weighted by Crippen LogP contribution is -2.49. The lowest BCUT2D eigenvalue weighted by atomic mass is 9.99. The highest BCUT2D eigenvalue weighted by Gasteiger charge is 2.32. The van der Waals surface area contributed by atoms with Gasteiger partial charge in [-0.15, -0.1) is 0 Å². The molecule has 134 valence electrons. The molecule has 0 unspecified atom stereocenters. The maximum absolute atomic E-state index is 13.1. The molecule has 0 saturated carbocycles. The van der Waals surface area contributed by atoms with Crippen molar-refractivity contribution in [3.8, 4) is 5.75 Å². The van der Waals surface area contributed by atoms with Gasteiger partial charge < -0.3 is 25.0 Å². The molecule has 0 fully saturated rings. The zero-order valence-electron chi connectivity index (χ0n) is 15.2. The average Bonchev–Trinajstić information content (AvgIpc) is 2.56. The summed E-state index contributed by atoms with van der Waals surface area (Å²) in [5.41, 5.74) is 1.50. The van der Waals surface area contributed by atoms with E-state index < -0.39 is 0 Å². The van der Waals surface area contributed by atoms with Crippen molar-refractivity contribution in [1.82, 2.24) is 10.2 Å². The van der Waals surface area contributed by atoms with E-state index in [0.717, 1.165) is 5.69 Å². The molecule has 2 rings (SSSR count). The van der Waals surface area contributed by atoms with Gasteiger partial charge in [0.1, 0.15) is 11.9 Å². The van der Waals surface area contributed by atoms with Gasteiger partial charge in [0.25, 0.3) is 5.91 Å². The predicted octanol–water partition coefficient (Wildman–Crippen LogP) is 1.19. The molecule has 2 N–H and O–H groups in total. The summed E-state index contributed by atoms with van der Waals surface area (Å²) in [6, 6.07) is 5.45. The molecule has 1 aliphatic rings. The number of aliphatic hydroxyl groups is 1. The highest BCUT2D eigenvalue weighted by atomic mass is 16.5. The third kappa shape index (κ3) is 3.82. The molecule has 3 atom stereocenters. The third-order valence-corrected chi connectivity index (χ3v) is 4.57. The number of aliphatic hydroxyl groups excluding tert-OH is 1. The molecule has 0 aromatic heterocycles. The van der Waals surface area contributed by atoms with Crippen LogP contribution in [0.15, 0.2) is 18.2 Å². The topological polar surface area (TPSA) is 65.0 Å². The third-order valence-electron chi connectivity index (χ3n) is 4.57. The lowest BCUT2D eigenvalue weighted by Gasteiger charge is -2.37. The normalized spacial score (nSPS) is 22.2. The molecule has 6 nitrogen and oxygen atoms in total. The second-order valence-corrected chi connectivity index (χ2v) is 6.76. The van der Waals surface area contributed by atoms with Gasteiger partial charge in [-0.25, -0.2) is 0 Å². The molecular formula is C18H29N3O3. The van der Waals surface area contributed by atoms with Gasteiger partial charge in [-0.3, -0.25) is 4.79 Å². The summed E-state index contributed by atoms with van der Waals surface area (Å²) >= 11 is 0. The van der Waals surface area contributed by atoms with Crippen molar-refractivity contribution in [3.05, 3.63) is 23.8 Å². The Morgan fingerprint density at radius 2 is 2.17 bits per heavy atom. The Bertz CT molecular complexity index is 577. The fourth-order valence-corrected chi connectivity index (χ4v) is 2.93. The zero-order chi connectivity index (χ0) is 17.9. The maximum atomic E-state index is 13.1. The summed E-state index contributed by atoms with van der Waals surface area (Å²) in [5, 5.41) is 12.7. The molecule has 0 bridgehead atoms. The molecule has 24 heavy (non-hydrogen) atoms. The summed E-state index contributed by atoms with van der Waals surface area (Å²) < 4.78 is 6.17. The predicted molar refractivity (Wildman–Crippen MR) is 95.9 cm³/mol. The summed E-state index contributed by atoms with van der Waals surface area (Å²) in [5.74, 6) is 0.662. The molecule has 0 radical (unpaired) electrons. The van der Waals surface area contributed by atoms with Crippen LogP contribution in [0.2, 0.25) is 0 Å². The first-order valence-corrected chi connectivity index (χ1v) is 8.43. The summed E-state index contributed by atoms with van der Waals surface area (Å²) in [6.07, 6.45) is -0.0413. The van der Waals surface area contributed by atoms with Crippen molar-refractivity contribution < 1.29 is 14.6 Å². The van der Waals surface area contributed by atoms with E-state index in [1.165, 1.54) is 0 Å². The molecule has 0 spiro atoms. The lowest BCUT2D eigenvalue weighted by molar-refractivity contribution is 0.0416. The highest BCUT2D eigenvalue weighted by molar-refractivity contribution is 5.98.